The quantitative estimate of drug-likeness (QED) is 0.841. The van der Waals surface area contributed by atoms with E-state index in [0.29, 0.717) is 13.0 Å². The van der Waals surface area contributed by atoms with Gasteiger partial charge in [-0.05, 0) is 29.3 Å². The molecule has 1 aliphatic heterocycles. The SMILES string of the molecule is COc1cccc(CN2C(=O)Cc3ccccc32)c1. The van der Waals surface area contributed by atoms with Crippen LogP contribution in [0.2, 0.25) is 0 Å². The van der Waals surface area contributed by atoms with Crippen molar-refractivity contribution in [3.63, 3.8) is 0 Å². The number of methoxy groups -OCH3 is 1. The van der Waals surface area contributed by atoms with Crippen molar-refractivity contribution in [1.82, 2.24) is 0 Å². The van der Waals surface area contributed by atoms with Crippen LogP contribution in [-0.4, -0.2) is 13.0 Å². The van der Waals surface area contributed by atoms with Gasteiger partial charge >= 0.3 is 0 Å². The molecule has 19 heavy (non-hydrogen) atoms. The van der Waals surface area contributed by atoms with Crippen LogP contribution in [0.25, 0.3) is 0 Å². The molecule has 3 nitrogen and oxygen atoms in total. The number of para-hydroxylation sites is 1. The lowest BCUT2D eigenvalue weighted by Crippen LogP contribution is -2.25. The zero-order valence-corrected chi connectivity index (χ0v) is 10.8. The highest BCUT2D eigenvalue weighted by atomic mass is 16.5. The third kappa shape index (κ3) is 2.19. The van der Waals surface area contributed by atoms with Gasteiger partial charge in [-0.3, -0.25) is 4.79 Å². The number of hydrogen-bond donors (Lipinski definition) is 0. The summed E-state index contributed by atoms with van der Waals surface area (Å²) in [6.07, 6.45) is 0.500. The Kier molecular flexibility index (Phi) is 2.95. The van der Waals surface area contributed by atoms with E-state index in [0.717, 1.165) is 22.6 Å². The second-order valence-electron chi connectivity index (χ2n) is 4.64. The first-order chi connectivity index (χ1) is 9.28. The highest BCUT2D eigenvalue weighted by Gasteiger charge is 2.26. The zero-order valence-electron chi connectivity index (χ0n) is 10.8. The van der Waals surface area contributed by atoms with E-state index in [1.165, 1.54) is 0 Å². The van der Waals surface area contributed by atoms with Crippen LogP contribution >= 0.6 is 0 Å². The summed E-state index contributed by atoms with van der Waals surface area (Å²) in [5, 5.41) is 0. The summed E-state index contributed by atoms with van der Waals surface area (Å²) in [6, 6.07) is 15.8. The molecule has 0 N–H and O–H groups in total. The summed E-state index contributed by atoms with van der Waals surface area (Å²) in [4.78, 5) is 13.9. The van der Waals surface area contributed by atoms with Gasteiger partial charge in [0.05, 0.1) is 20.1 Å². The van der Waals surface area contributed by atoms with Crippen molar-refractivity contribution in [2.45, 2.75) is 13.0 Å². The predicted octanol–water partition coefficient (Wildman–Crippen LogP) is 2.78. The van der Waals surface area contributed by atoms with Gasteiger partial charge in [0.15, 0.2) is 0 Å². The van der Waals surface area contributed by atoms with Gasteiger partial charge in [-0.15, -0.1) is 0 Å². The lowest BCUT2D eigenvalue weighted by molar-refractivity contribution is -0.117. The number of rotatable bonds is 3. The summed E-state index contributed by atoms with van der Waals surface area (Å²) in [5.74, 6) is 0.974. The van der Waals surface area contributed by atoms with E-state index in [9.17, 15) is 4.79 Å². The monoisotopic (exact) mass is 253 g/mol. The van der Waals surface area contributed by atoms with Crippen LogP contribution < -0.4 is 9.64 Å². The smallest absolute Gasteiger partial charge is 0.231 e. The Morgan fingerprint density at radius 3 is 2.84 bits per heavy atom. The summed E-state index contributed by atoms with van der Waals surface area (Å²) in [7, 11) is 1.65. The minimum atomic E-state index is 0.156. The number of nitrogens with zero attached hydrogens (tertiary/aromatic N) is 1. The number of carbonyl (C=O) groups excluding carboxylic acids is 1. The maximum Gasteiger partial charge on any atom is 0.231 e. The van der Waals surface area contributed by atoms with Gasteiger partial charge in [0.1, 0.15) is 5.75 Å². The summed E-state index contributed by atoms with van der Waals surface area (Å²) < 4.78 is 5.21. The van der Waals surface area contributed by atoms with E-state index in [2.05, 4.69) is 0 Å². The Bertz CT molecular complexity index is 622. The van der Waals surface area contributed by atoms with Crippen molar-refractivity contribution in [2.24, 2.45) is 0 Å². The molecule has 0 spiro atoms. The minimum Gasteiger partial charge on any atom is -0.497 e. The molecular formula is C16H15NO2. The fraction of sp³-hybridized carbons (Fsp3) is 0.188. The van der Waals surface area contributed by atoms with Crippen LogP contribution in [0, 0.1) is 0 Å². The zero-order chi connectivity index (χ0) is 13.2. The van der Waals surface area contributed by atoms with Gasteiger partial charge in [0.25, 0.3) is 0 Å². The Labute approximate surface area is 112 Å². The molecular weight excluding hydrogens is 238 g/mol. The molecule has 0 unspecified atom stereocenters. The second kappa shape index (κ2) is 4.76. The molecule has 2 aromatic carbocycles. The predicted molar refractivity (Wildman–Crippen MR) is 74.3 cm³/mol. The number of ether oxygens (including phenoxy) is 1. The molecule has 3 rings (SSSR count). The largest absolute Gasteiger partial charge is 0.497 e. The lowest BCUT2D eigenvalue weighted by Gasteiger charge is -2.17. The van der Waals surface area contributed by atoms with E-state index in [4.69, 9.17) is 4.74 Å². The van der Waals surface area contributed by atoms with E-state index < -0.39 is 0 Å². The Hall–Kier alpha value is -2.29. The average molecular weight is 253 g/mol. The standard InChI is InChI=1S/C16H15NO2/c1-19-14-7-4-5-12(9-14)11-17-15-8-3-2-6-13(15)10-16(17)18/h2-9H,10-11H2,1H3. The van der Waals surface area contributed by atoms with Gasteiger partial charge in [-0.1, -0.05) is 30.3 Å². The van der Waals surface area contributed by atoms with Crippen LogP contribution in [0.15, 0.2) is 48.5 Å². The molecule has 0 atom stereocenters. The molecule has 0 aromatic heterocycles. The lowest BCUT2D eigenvalue weighted by atomic mass is 10.1. The molecule has 0 saturated heterocycles. The fourth-order valence-corrected chi connectivity index (χ4v) is 2.44. The van der Waals surface area contributed by atoms with Crippen LogP contribution in [0.4, 0.5) is 5.69 Å². The number of amides is 1. The third-order valence-electron chi connectivity index (χ3n) is 3.40. The van der Waals surface area contributed by atoms with Crippen molar-refractivity contribution in [3.05, 3.63) is 59.7 Å². The number of carbonyl (C=O) groups is 1. The number of fused-ring (bicyclic) bond motifs is 1. The van der Waals surface area contributed by atoms with Crippen molar-refractivity contribution >= 4 is 11.6 Å². The van der Waals surface area contributed by atoms with Crippen molar-refractivity contribution in [1.29, 1.82) is 0 Å². The molecule has 96 valence electrons. The van der Waals surface area contributed by atoms with Crippen molar-refractivity contribution < 1.29 is 9.53 Å². The highest BCUT2D eigenvalue weighted by molar-refractivity contribution is 6.01. The minimum absolute atomic E-state index is 0.156. The first-order valence-corrected chi connectivity index (χ1v) is 6.29. The van der Waals surface area contributed by atoms with Gasteiger partial charge in [0.2, 0.25) is 5.91 Å². The molecule has 1 amide bonds. The molecule has 0 bridgehead atoms. The average Bonchev–Trinajstić information content (AvgIpc) is 2.76. The van der Waals surface area contributed by atoms with Gasteiger partial charge in [-0.25, -0.2) is 0 Å². The Morgan fingerprint density at radius 1 is 1.16 bits per heavy atom. The first kappa shape index (κ1) is 11.8. The Morgan fingerprint density at radius 2 is 2.00 bits per heavy atom. The molecule has 2 aromatic rings. The molecule has 3 heteroatoms. The van der Waals surface area contributed by atoms with Crippen LogP contribution in [-0.2, 0) is 17.8 Å². The molecule has 1 aliphatic rings. The molecule has 0 saturated carbocycles. The molecule has 1 heterocycles. The molecule has 0 aliphatic carbocycles. The second-order valence-corrected chi connectivity index (χ2v) is 4.64. The van der Waals surface area contributed by atoms with Crippen LogP contribution in [0.3, 0.4) is 0 Å². The van der Waals surface area contributed by atoms with Crippen LogP contribution in [0.1, 0.15) is 11.1 Å². The fourth-order valence-electron chi connectivity index (χ4n) is 2.44. The highest BCUT2D eigenvalue weighted by Crippen LogP contribution is 2.30. The van der Waals surface area contributed by atoms with Crippen molar-refractivity contribution in [2.75, 3.05) is 12.0 Å². The maximum atomic E-state index is 12.1. The van der Waals surface area contributed by atoms with E-state index in [-0.39, 0.29) is 5.91 Å². The molecule has 0 fully saturated rings. The summed E-state index contributed by atoms with van der Waals surface area (Å²) in [5.41, 5.74) is 3.20. The van der Waals surface area contributed by atoms with Crippen molar-refractivity contribution in [3.8, 4) is 5.75 Å². The van der Waals surface area contributed by atoms with Gasteiger partial charge in [-0.2, -0.15) is 0 Å². The maximum absolute atomic E-state index is 12.1. The normalized spacial score (nSPS) is 13.5. The van der Waals surface area contributed by atoms with E-state index in [1.54, 1.807) is 7.11 Å². The van der Waals surface area contributed by atoms with Crippen LogP contribution in [0.5, 0.6) is 5.75 Å². The number of hydrogen-bond acceptors (Lipinski definition) is 2. The number of benzene rings is 2. The third-order valence-corrected chi connectivity index (χ3v) is 3.40. The van der Waals surface area contributed by atoms with Gasteiger partial charge < -0.3 is 9.64 Å². The topological polar surface area (TPSA) is 29.5 Å². The molecule has 0 radical (unpaired) electrons. The van der Waals surface area contributed by atoms with E-state index in [1.807, 2.05) is 53.4 Å². The van der Waals surface area contributed by atoms with E-state index >= 15 is 0 Å². The summed E-state index contributed by atoms with van der Waals surface area (Å²) >= 11 is 0. The summed E-state index contributed by atoms with van der Waals surface area (Å²) in [6.45, 7) is 0.590. The first-order valence-electron chi connectivity index (χ1n) is 6.29. The Balaban J connectivity index is 1.89. The number of anilines is 1. The van der Waals surface area contributed by atoms with Gasteiger partial charge in [0, 0.05) is 5.69 Å².